The van der Waals surface area contributed by atoms with Gasteiger partial charge in [-0.15, -0.1) is 0 Å². The van der Waals surface area contributed by atoms with Gasteiger partial charge in [0.05, 0.1) is 15.5 Å². The van der Waals surface area contributed by atoms with Gasteiger partial charge in [-0.2, -0.15) is 13.2 Å². The van der Waals surface area contributed by atoms with Gasteiger partial charge in [-0.25, -0.2) is 9.59 Å². The van der Waals surface area contributed by atoms with Crippen LogP contribution in [0.1, 0.15) is 13.8 Å². The maximum atomic E-state index is 11.9. The molecule has 0 aromatic rings. The molecule has 0 radical (unpaired) electrons. The number of carboxylic acid groups (broad SMARTS) is 2. The summed E-state index contributed by atoms with van der Waals surface area (Å²) < 4.78 is 42.7. The summed E-state index contributed by atoms with van der Waals surface area (Å²) in [5, 5.41) is 15.5. The number of β-lactam (4-membered cyclic amide) rings is 1. The van der Waals surface area contributed by atoms with E-state index in [0.717, 1.165) is 4.90 Å². The van der Waals surface area contributed by atoms with Gasteiger partial charge in [0.1, 0.15) is 17.5 Å². The first-order valence-electron chi connectivity index (χ1n) is 5.76. The third-order valence-corrected chi connectivity index (χ3v) is 5.49. The van der Waals surface area contributed by atoms with E-state index < -0.39 is 57.0 Å². The minimum atomic E-state index is -5.08. The summed E-state index contributed by atoms with van der Waals surface area (Å²) >= 11 is 0. The number of fused-ring (bicyclic) bond motifs is 1. The molecule has 4 N–H and O–H groups in total. The molecule has 2 rings (SSSR count). The normalized spacial score (nSPS) is 32.5. The lowest BCUT2D eigenvalue weighted by molar-refractivity contribution is -0.192. The zero-order valence-corrected chi connectivity index (χ0v) is 12.1. The summed E-state index contributed by atoms with van der Waals surface area (Å²) in [6, 6.07) is -1.84. The quantitative estimate of drug-likeness (QED) is 0.524. The molecule has 1 unspecified atom stereocenters. The zero-order valence-electron chi connectivity index (χ0n) is 11.3. The van der Waals surface area contributed by atoms with Crippen LogP contribution in [0.15, 0.2) is 0 Å². The molecule has 0 saturated carbocycles. The number of nitrogens with two attached hydrogens (primary N) is 1. The van der Waals surface area contributed by atoms with Crippen LogP contribution in [0.5, 0.6) is 0 Å². The van der Waals surface area contributed by atoms with Crippen molar-refractivity contribution < 1.29 is 42.0 Å². The Labute approximate surface area is 124 Å². The predicted octanol–water partition coefficient (Wildman–Crippen LogP) is -0.891. The molecule has 2 heterocycles. The fourth-order valence-electron chi connectivity index (χ4n) is 2.19. The second-order valence-corrected chi connectivity index (χ2v) is 7.24. The molecule has 126 valence electrons. The van der Waals surface area contributed by atoms with Gasteiger partial charge >= 0.3 is 18.1 Å². The summed E-state index contributed by atoms with van der Waals surface area (Å²) in [4.78, 5) is 32.5. The molecule has 8 nitrogen and oxygen atoms in total. The summed E-state index contributed by atoms with van der Waals surface area (Å²) in [5.41, 5.74) is 5.50. The lowest BCUT2D eigenvalue weighted by Gasteiger charge is -2.40. The second-order valence-electron chi connectivity index (χ2n) is 5.11. The molecule has 1 amide bonds. The van der Waals surface area contributed by atoms with Crippen molar-refractivity contribution in [3.8, 4) is 0 Å². The number of hydrogen-bond acceptors (Lipinski definition) is 5. The van der Waals surface area contributed by atoms with Crippen LogP contribution in [0.2, 0.25) is 0 Å². The summed E-state index contributed by atoms with van der Waals surface area (Å²) in [7, 11) is -1.42. The first kappa shape index (κ1) is 18.4. The first-order chi connectivity index (χ1) is 9.74. The van der Waals surface area contributed by atoms with E-state index in [1.165, 1.54) is 0 Å². The van der Waals surface area contributed by atoms with Crippen molar-refractivity contribution in [2.75, 3.05) is 0 Å². The third kappa shape index (κ3) is 2.79. The molecule has 0 spiro atoms. The molecule has 12 heteroatoms. The first-order valence-corrected chi connectivity index (χ1v) is 6.97. The molecular weight excluding hydrogens is 333 g/mol. The molecule has 2 aliphatic rings. The number of amides is 1. The Kier molecular flexibility index (Phi) is 4.59. The van der Waals surface area contributed by atoms with Crippen molar-refractivity contribution in [2.45, 2.75) is 42.2 Å². The van der Waals surface area contributed by atoms with Crippen LogP contribution in [0.4, 0.5) is 13.2 Å². The lowest BCUT2D eigenvalue weighted by Crippen LogP contribution is -2.69. The van der Waals surface area contributed by atoms with E-state index in [9.17, 15) is 27.0 Å². The van der Waals surface area contributed by atoms with Gasteiger partial charge in [0.2, 0.25) is 5.91 Å². The highest BCUT2D eigenvalue weighted by Gasteiger charge is 2.66. The zero-order chi connectivity index (χ0) is 17.6. The number of alkyl halides is 3. The van der Waals surface area contributed by atoms with Gasteiger partial charge in [-0.1, -0.05) is 0 Å². The highest BCUT2D eigenvalue weighted by atomic mass is 32.2. The van der Waals surface area contributed by atoms with Crippen LogP contribution in [-0.4, -0.2) is 65.5 Å². The number of carboxylic acids is 2. The molecule has 2 saturated heterocycles. The highest BCUT2D eigenvalue weighted by molar-refractivity contribution is 7.87. The lowest BCUT2D eigenvalue weighted by atomic mass is 9.96. The van der Waals surface area contributed by atoms with E-state index in [1.807, 2.05) is 0 Å². The Morgan fingerprint density at radius 2 is 1.73 bits per heavy atom. The Hall–Kier alpha value is -1.69. The van der Waals surface area contributed by atoms with Crippen LogP contribution >= 0.6 is 0 Å². The number of hydrogen-bond donors (Lipinski definition) is 3. The molecule has 2 fully saturated rings. The Morgan fingerprint density at radius 3 is 2.05 bits per heavy atom. The van der Waals surface area contributed by atoms with Crippen LogP contribution in [-0.2, 0) is 25.2 Å². The van der Waals surface area contributed by atoms with Crippen LogP contribution in [0.3, 0.4) is 0 Å². The number of carbonyl (C=O) groups excluding carboxylic acids is 1. The summed E-state index contributed by atoms with van der Waals surface area (Å²) in [5.74, 6) is -4.31. The van der Waals surface area contributed by atoms with Gasteiger partial charge < -0.3 is 20.8 Å². The Morgan fingerprint density at radius 1 is 1.32 bits per heavy atom. The van der Waals surface area contributed by atoms with Crippen molar-refractivity contribution in [2.24, 2.45) is 5.73 Å². The van der Waals surface area contributed by atoms with Crippen molar-refractivity contribution in [1.29, 1.82) is 0 Å². The van der Waals surface area contributed by atoms with E-state index in [2.05, 4.69) is 0 Å². The number of rotatable bonds is 1. The maximum absolute atomic E-state index is 11.9. The van der Waals surface area contributed by atoms with E-state index in [4.69, 9.17) is 20.7 Å². The van der Waals surface area contributed by atoms with E-state index in [0.29, 0.717) is 0 Å². The molecule has 22 heavy (non-hydrogen) atoms. The molecule has 0 aliphatic carbocycles. The number of carbonyl (C=O) groups is 3. The molecule has 4 atom stereocenters. The Bertz CT molecular complexity index is 549. The molecular formula is C10H13F3N2O6S. The van der Waals surface area contributed by atoms with Crippen LogP contribution in [0.25, 0.3) is 0 Å². The number of nitrogens with zero attached hydrogens (tertiary/aromatic N) is 1. The van der Waals surface area contributed by atoms with Crippen molar-refractivity contribution >= 4 is 28.6 Å². The van der Waals surface area contributed by atoms with Crippen LogP contribution < -0.4 is 5.73 Å². The van der Waals surface area contributed by atoms with E-state index in [-0.39, 0.29) is 0 Å². The molecule has 0 aromatic carbocycles. The second kappa shape index (κ2) is 5.50. The van der Waals surface area contributed by atoms with Gasteiger partial charge in [0.25, 0.3) is 0 Å². The van der Waals surface area contributed by atoms with Crippen molar-refractivity contribution in [1.82, 2.24) is 4.90 Å². The minimum Gasteiger partial charge on any atom is -0.480 e. The minimum absolute atomic E-state index is 0.425. The van der Waals surface area contributed by atoms with Gasteiger partial charge in [-0.3, -0.25) is 9.00 Å². The van der Waals surface area contributed by atoms with Gasteiger partial charge in [0, 0.05) is 0 Å². The van der Waals surface area contributed by atoms with Gasteiger partial charge in [-0.05, 0) is 13.8 Å². The van der Waals surface area contributed by atoms with E-state index in [1.54, 1.807) is 13.8 Å². The fraction of sp³-hybridized carbons (Fsp3) is 0.700. The summed E-state index contributed by atoms with van der Waals surface area (Å²) in [6.45, 7) is 3.17. The largest absolute Gasteiger partial charge is 0.490 e. The standard InChI is InChI=1S/C8H12N2O4S.C2HF3O2/c1-8(2)4(7(12)13)10-5(11)3(9)6(10)15(8)14;3-2(4,5)1(6)7/h3-4,6H,9H2,1-2H3,(H,12,13);(H,6,7)/t3-,4+,6-,15?;/m1./s1. The number of halogens is 3. The smallest absolute Gasteiger partial charge is 0.480 e. The maximum Gasteiger partial charge on any atom is 0.490 e. The van der Waals surface area contributed by atoms with Crippen LogP contribution in [0, 0.1) is 0 Å². The molecule has 0 bridgehead atoms. The van der Waals surface area contributed by atoms with Crippen molar-refractivity contribution in [3.05, 3.63) is 0 Å². The van der Waals surface area contributed by atoms with Gasteiger partial charge in [0.15, 0.2) is 0 Å². The monoisotopic (exact) mass is 346 g/mol. The number of aliphatic carboxylic acids is 2. The topological polar surface area (TPSA) is 138 Å². The Balaban J connectivity index is 0.000000295. The van der Waals surface area contributed by atoms with Crippen molar-refractivity contribution in [3.63, 3.8) is 0 Å². The molecule has 0 aromatic heterocycles. The molecule has 2 aliphatic heterocycles. The average molecular weight is 346 g/mol. The highest BCUT2D eigenvalue weighted by Crippen LogP contribution is 2.42. The fourth-order valence-corrected chi connectivity index (χ4v) is 4.06. The summed E-state index contributed by atoms with van der Waals surface area (Å²) in [6.07, 6.45) is -5.08. The third-order valence-electron chi connectivity index (χ3n) is 3.27. The van der Waals surface area contributed by atoms with E-state index >= 15 is 0 Å². The predicted molar refractivity (Wildman–Crippen MR) is 65.9 cm³/mol. The average Bonchev–Trinajstić information content (AvgIpc) is 2.54. The SMILES string of the molecule is CC1(C)[C@H](C(=O)O)N2C(=O)[C@@H](N)[C@H]2S1=O.O=C(O)C(F)(F)F.